The lowest BCUT2D eigenvalue weighted by atomic mass is 10.0. The highest BCUT2D eigenvalue weighted by Gasteiger charge is 2.14. The van der Waals surface area contributed by atoms with Crippen molar-refractivity contribution >= 4 is 28.6 Å². The Hall–Kier alpha value is -3.06. The zero-order valence-corrected chi connectivity index (χ0v) is 15.7. The maximum Gasteiger partial charge on any atom is 0.226 e. The zero-order chi connectivity index (χ0) is 18.8. The quantitative estimate of drug-likeness (QED) is 0.525. The third-order valence-corrected chi connectivity index (χ3v) is 4.42. The van der Waals surface area contributed by atoms with Gasteiger partial charge in [0.2, 0.25) is 5.28 Å². The Morgan fingerprint density at radius 2 is 1.96 bits per heavy atom. The molecule has 3 heterocycles. The summed E-state index contributed by atoms with van der Waals surface area (Å²) in [6, 6.07) is 8.27. The third kappa shape index (κ3) is 3.46. The maximum absolute atomic E-state index is 6.14. The largest absolute Gasteiger partial charge is 0.364 e. The van der Waals surface area contributed by atoms with Gasteiger partial charge < -0.3 is 9.88 Å². The second kappa shape index (κ2) is 7.28. The number of anilines is 1. The molecule has 0 aliphatic heterocycles. The lowest BCUT2D eigenvalue weighted by molar-refractivity contribution is 0.612. The predicted molar refractivity (Wildman–Crippen MR) is 106 cm³/mol. The van der Waals surface area contributed by atoms with Crippen LogP contribution in [-0.4, -0.2) is 29.5 Å². The summed E-state index contributed by atoms with van der Waals surface area (Å²) in [6.45, 7) is 4.69. The summed E-state index contributed by atoms with van der Waals surface area (Å²) >= 11 is 6.14. The highest BCUT2D eigenvalue weighted by Crippen LogP contribution is 2.25. The SMILES string of the molecule is CC(C)n1cnc2c(NCc3ccccc3-c3cnccn3)nc(Cl)nc21. The monoisotopic (exact) mass is 379 g/mol. The molecule has 4 rings (SSSR count). The van der Waals surface area contributed by atoms with Gasteiger partial charge in [0.05, 0.1) is 18.2 Å². The van der Waals surface area contributed by atoms with Gasteiger partial charge in [0.15, 0.2) is 17.0 Å². The van der Waals surface area contributed by atoms with Crippen molar-refractivity contribution in [1.29, 1.82) is 0 Å². The number of aromatic nitrogens is 6. The normalized spacial score (nSPS) is 11.3. The summed E-state index contributed by atoms with van der Waals surface area (Å²) in [5.41, 5.74) is 4.33. The molecule has 0 spiro atoms. The van der Waals surface area contributed by atoms with Crippen molar-refractivity contribution in [3.63, 3.8) is 0 Å². The van der Waals surface area contributed by atoms with Crippen LogP contribution in [0, 0.1) is 0 Å². The van der Waals surface area contributed by atoms with Gasteiger partial charge in [-0.15, -0.1) is 0 Å². The number of rotatable bonds is 5. The van der Waals surface area contributed by atoms with Crippen LogP contribution >= 0.6 is 11.6 Å². The summed E-state index contributed by atoms with van der Waals surface area (Å²) < 4.78 is 1.97. The average molecular weight is 380 g/mol. The van der Waals surface area contributed by atoms with E-state index in [1.165, 1.54) is 0 Å². The van der Waals surface area contributed by atoms with Crippen LogP contribution < -0.4 is 5.32 Å². The minimum absolute atomic E-state index is 0.189. The molecule has 0 aliphatic rings. The van der Waals surface area contributed by atoms with Crippen LogP contribution in [-0.2, 0) is 6.54 Å². The molecule has 0 aliphatic carbocycles. The number of imidazole rings is 1. The Morgan fingerprint density at radius 1 is 1.11 bits per heavy atom. The van der Waals surface area contributed by atoms with Gasteiger partial charge in [0.1, 0.15) is 0 Å². The van der Waals surface area contributed by atoms with Crippen LogP contribution in [0.4, 0.5) is 5.82 Å². The van der Waals surface area contributed by atoms with E-state index in [1.807, 2.05) is 28.8 Å². The fraction of sp³-hybridized carbons (Fsp3) is 0.211. The van der Waals surface area contributed by atoms with E-state index in [0.29, 0.717) is 17.9 Å². The van der Waals surface area contributed by atoms with E-state index in [9.17, 15) is 0 Å². The molecular weight excluding hydrogens is 362 g/mol. The average Bonchev–Trinajstić information content (AvgIpc) is 3.11. The lowest BCUT2D eigenvalue weighted by Gasteiger charge is -2.12. The molecule has 8 heteroatoms. The van der Waals surface area contributed by atoms with E-state index in [0.717, 1.165) is 22.5 Å². The number of hydrogen-bond acceptors (Lipinski definition) is 6. The molecule has 27 heavy (non-hydrogen) atoms. The zero-order valence-electron chi connectivity index (χ0n) is 15.0. The standard InChI is InChI=1S/C19H18ClN7/c1-12(2)27-11-24-16-17(25-19(20)26-18(16)27)23-9-13-5-3-4-6-14(13)15-10-21-7-8-22-15/h3-8,10-12H,9H2,1-2H3,(H,23,25,26). The van der Waals surface area contributed by atoms with Gasteiger partial charge in [0.25, 0.3) is 0 Å². The summed E-state index contributed by atoms with van der Waals surface area (Å²) in [7, 11) is 0. The van der Waals surface area contributed by atoms with E-state index < -0.39 is 0 Å². The van der Waals surface area contributed by atoms with Crippen LogP contribution in [0.2, 0.25) is 5.28 Å². The molecule has 3 aromatic heterocycles. The minimum atomic E-state index is 0.189. The van der Waals surface area contributed by atoms with E-state index in [4.69, 9.17) is 11.6 Å². The molecule has 0 fully saturated rings. The Balaban J connectivity index is 1.67. The van der Waals surface area contributed by atoms with Crippen LogP contribution in [0.15, 0.2) is 49.2 Å². The van der Waals surface area contributed by atoms with Gasteiger partial charge in [-0.3, -0.25) is 9.97 Å². The second-order valence-corrected chi connectivity index (χ2v) is 6.70. The third-order valence-electron chi connectivity index (χ3n) is 4.25. The molecule has 136 valence electrons. The molecule has 0 bridgehead atoms. The number of benzene rings is 1. The van der Waals surface area contributed by atoms with Crippen molar-refractivity contribution < 1.29 is 0 Å². The molecule has 7 nitrogen and oxygen atoms in total. The van der Waals surface area contributed by atoms with Crippen molar-refractivity contribution in [2.24, 2.45) is 0 Å². The summed E-state index contributed by atoms with van der Waals surface area (Å²) in [4.78, 5) is 21.7. The van der Waals surface area contributed by atoms with Crippen LogP contribution in [0.3, 0.4) is 0 Å². The molecule has 0 amide bonds. The molecule has 0 atom stereocenters. The predicted octanol–water partition coefficient (Wildman–Crippen LogP) is 4.13. The van der Waals surface area contributed by atoms with E-state index in [2.05, 4.69) is 44.1 Å². The molecule has 1 N–H and O–H groups in total. The van der Waals surface area contributed by atoms with Crippen LogP contribution in [0.5, 0.6) is 0 Å². The van der Waals surface area contributed by atoms with Crippen LogP contribution in [0.25, 0.3) is 22.4 Å². The topological polar surface area (TPSA) is 81.4 Å². The smallest absolute Gasteiger partial charge is 0.226 e. The molecule has 0 unspecified atom stereocenters. The van der Waals surface area contributed by atoms with Gasteiger partial charge >= 0.3 is 0 Å². The number of nitrogens with one attached hydrogen (secondary N) is 1. The molecule has 0 radical (unpaired) electrons. The fourth-order valence-corrected chi connectivity index (χ4v) is 3.10. The van der Waals surface area contributed by atoms with Crippen molar-refractivity contribution in [2.75, 3.05) is 5.32 Å². The highest BCUT2D eigenvalue weighted by atomic mass is 35.5. The van der Waals surface area contributed by atoms with E-state index in [-0.39, 0.29) is 11.3 Å². The lowest BCUT2D eigenvalue weighted by Crippen LogP contribution is -2.06. The Morgan fingerprint density at radius 3 is 2.74 bits per heavy atom. The van der Waals surface area contributed by atoms with E-state index in [1.54, 1.807) is 24.9 Å². The van der Waals surface area contributed by atoms with E-state index >= 15 is 0 Å². The fourth-order valence-electron chi connectivity index (χ4n) is 2.93. The van der Waals surface area contributed by atoms with Gasteiger partial charge in [-0.2, -0.15) is 9.97 Å². The number of nitrogens with zero attached hydrogens (tertiary/aromatic N) is 6. The van der Waals surface area contributed by atoms with Gasteiger partial charge in [-0.1, -0.05) is 24.3 Å². The number of fused-ring (bicyclic) bond motifs is 1. The number of halogens is 1. The highest BCUT2D eigenvalue weighted by molar-refractivity contribution is 6.28. The molecule has 1 aromatic carbocycles. The first-order valence-corrected chi connectivity index (χ1v) is 8.99. The molecular formula is C19H18ClN7. The van der Waals surface area contributed by atoms with Crippen molar-refractivity contribution in [1.82, 2.24) is 29.5 Å². The summed E-state index contributed by atoms with van der Waals surface area (Å²) in [5, 5.41) is 3.54. The summed E-state index contributed by atoms with van der Waals surface area (Å²) in [6.07, 6.45) is 6.86. The molecule has 0 saturated heterocycles. The van der Waals surface area contributed by atoms with Crippen molar-refractivity contribution in [3.8, 4) is 11.3 Å². The summed E-state index contributed by atoms with van der Waals surface area (Å²) in [5.74, 6) is 0.610. The Kier molecular flexibility index (Phi) is 4.68. The van der Waals surface area contributed by atoms with Crippen LogP contribution in [0.1, 0.15) is 25.5 Å². The minimum Gasteiger partial charge on any atom is -0.364 e. The molecule has 4 aromatic rings. The van der Waals surface area contributed by atoms with Gasteiger partial charge in [-0.05, 0) is 31.0 Å². The maximum atomic E-state index is 6.14. The second-order valence-electron chi connectivity index (χ2n) is 6.36. The first kappa shape index (κ1) is 17.4. The number of hydrogen-bond donors (Lipinski definition) is 1. The first-order valence-electron chi connectivity index (χ1n) is 8.61. The molecule has 0 saturated carbocycles. The van der Waals surface area contributed by atoms with Gasteiger partial charge in [-0.25, -0.2) is 4.98 Å². The van der Waals surface area contributed by atoms with Gasteiger partial charge in [0, 0.05) is 30.5 Å². The van der Waals surface area contributed by atoms with Crippen molar-refractivity contribution in [3.05, 3.63) is 60.0 Å². The first-order chi connectivity index (χ1) is 13.1. The Bertz CT molecular complexity index is 1080. The van der Waals surface area contributed by atoms with Crippen molar-refractivity contribution in [2.45, 2.75) is 26.4 Å². The Labute approximate surface area is 161 Å².